The van der Waals surface area contributed by atoms with Gasteiger partial charge in [0.05, 0.1) is 10.7 Å². The Kier molecular flexibility index (Phi) is 3.87. The fourth-order valence-electron chi connectivity index (χ4n) is 2.58. The van der Waals surface area contributed by atoms with Gasteiger partial charge in [-0.2, -0.15) is 0 Å². The zero-order valence-corrected chi connectivity index (χ0v) is 10.5. The van der Waals surface area contributed by atoms with E-state index in [0.717, 1.165) is 37.8 Å². The Bertz CT molecular complexity index is 385. The summed E-state index contributed by atoms with van der Waals surface area (Å²) in [4.78, 5) is 0. The molecule has 0 aromatic heterocycles. The highest BCUT2D eigenvalue weighted by molar-refractivity contribution is 6.33. The molecule has 4 heteroatoms. The molecule has 1 fully saturated rings. The van der Waals surface area contributed by atoms with Crippen molar-refractivity contribution < 1.29 is 8.78 Å². The van der Waals surface area contributed by atoms with Crippen molar-refractivity contribution in [2.75, 3.05) is 5.32 Å². The van der Waals surface area contributed by atoms with Gasteiger partial charge in [-0.15, -0.1) is 0 Å². The van der Waals surface area contributed by atoms with Crippen LogP contribution in [0.3, 0.4) is 0 Å². The summed E-state index contributed by atoms with van der Waals surface area (Å²) in [7, 11) is 0. The zero-order chi connectivity index (χ0) is 12.4. The molecule has 2 atom stereocenters. The molecule has 0 saturated heterocycles. The Balaban J connectivity index is 2.18. The molecule has 0 aliphatic heterocycles. The Hall–Kier alpha value is -0.830. The van der Waals surface area contributed by atoms with Crippen LogP contribution in [-0.2, 0) is 0 Å². The summed E-state index contributed by atoms with van der Waals surface area (Å²) in [6, 6.07) is 2.25. The number of nitrogens with one attached hydrogen (secondary N) is 1. The van der Waals surface area contributed by atoms with E-state index in [9.17, 15) is 8.78 Å². The van der Waals surface area contributed by atoms with Gasteiger partial charge in [-0.05, 0) is 24.8 Å². The second-order valence-electron chi connectivity index (χ2n) is 4.59. The van der Waals surface area contributed by atoms with Crippen molar-refractivity contribution in [3.63, 3.8) is 0 Å². The molecule has 0 radical (unpaired) electrons. The molecule has 1 nitrogen and oxygen atoms in total. The first-order valence-corrected chi connectivity index (χ1v) is 6.40. The number of benzene rings is 1. The number of rotatable bonds is 3. The monoisotopic (exact) mass is 259 g/mol. The molecule has 1 aromatic carbocycles. The van der Waals surface area contributed by atoms with Crippen molar-refractivity contribution in [1.82, 2.24) is 0 Å². The maximum Gasteiger partial charge on any atom is 0.150 e. The van der Waals surface area contributed by atoms with Crippen LogP contribution in [0, 0.1) is 17.6 Å². The first kappa shape index (κ1) is 12.6. The fraction of sp³-hybridized carbons (Fsp3) is 0.538. The topological polar surface area (TPSA) is 12.0 Å². The van der Waals surface area contributed by atoms with Crippen LogP contribution < -0.4 is 5.32 Å². The van der Waals surface area contributed by atoms with Gasteiger partial charge < -0.3 is 5.32 Å². The molecule has 0 spiro atoms. The highest BCUT2D eigenvalue weighted by Gasteiger charge is 2.27. The lowest BCUT2D eigenvalue weighted by Crippen LogP contribution is -2.24. The van der Waals surface area contributed by atoms with Gasteiger partial charge in [0.25, 0.3) is 0 Å². The van der Waals surface area contributed by atoms with Crippen LogP contribution in [0.5, 0.6) is 0 Å². The zero-order valence-electron chi connectivity index (χ0n) is 9.77. The molecule has 1 aliphatic rings. The van der Waals surface area contributed by atoms with Gasteiger partial charge in [0, 0.05) is 12.1 Å². The smallest absolute Gasteiger partial charge is 0.150 e. The molecule has 1 aromatic rings. The third-order valence-electron chi connectivity index (χ3n) is 3.52. The van der Waals surface area contributed by atoms with Gasteiger partial charge in [-0.25, -0.2) is 8.78 Å². The van der Waals surface area contributed by atoms with Crippen LogP contribution in [0.4, 0.5) is 14.5 Å². The largest absolute Gasteiger partial charge is 0.378 e. The Morgan fingerprint density at radius 2 is 2.12 bits per heavy atom. The molecule has 0 heterocycles. The van der Waals surface area contributed by atoms with Gasteiger partial charge in [0.2, 0.25) is 0 Å². The normalized spacial score (nSPS) is 24.0. The highest BCUT2D eigenvalue weighted by atomic mass is 35.5. The standard InChI is InChI=1S/C13H16ClF2N/c1-2-8-4-3-5-12(8)17-13-10(14)6-9(15)7-11(13)16/h6-8,12,17H,2-5H2,1H3. The minimum absolute atomic E-state index is 0.115. The van der Waals surface area contributed by atoms with Gasteiger partial charge >= 0.3 is 0 Å². The first-order chi connectivity index (χ1) is 8.11. The number of hydrogen-bond acceptors (Lipinski definition) is 1. The quantitative estimate of drug-likeness (QED) is 0.836. The molecule has 1 saturated carbocycles. The van der Waals surface area contributed by atoms with Gasteiger partial charge in [0.1, 0.15) is 5.82 Å². The van der Waals surface area contributed by atoms with E-state index in [1.165, 1.54) is 0 Å². The predicted octanol–water partition coefficient (Wildman–Crippen LogP) is 4.61. The van der Waals surface area contributed by atoms with Crippen LogP contribution in [0.2, 0.25) is 5.02 Å². The summed E-state index contributed by atoms with van der Waals surface area (Å²) in [5.74, 6) is -0.705. The van der Waals surface area contributed by atoms with E-state index in [-0.39, 0.29) is 16.8 Å². The Labute approximate surface area is 105 Å². The molecule has 1 N–H and O–H groups in total. The van der Waals surface area contributed by atoms with Crippen molar-refractivity contribution in [3.8, 4) is 0 Å². The summed E-state index contributed by atoms with van der Waals surface area (Å²) in [5.41, 5.74) is 0.235. The van der Waals surface area contributed by atoms with Crippen molar-refractivity contribution in [3.05, 3.63) is 28.8 Å². The van der Waals surface area contributed by atoms with Crippen LogP contribution in [0.25, 0.3) is 0 Å². The highest BCUT2D eigenvalue weighted by Crippen LogP contribution is 2.34. The van der Waals surface area contributed by atoms with E-state index in [1.807, 2.05) is 0 Å². The third-order valence-corrected chi connectivity index (χ3v) is 3.82. The lowest BCUT2D eigenvalue weighted by atomic mass is 10.0. The summed E-state index contributed by atoms with van der Waals surface area (Å²) in [6.07, 6.45) is 4.40. The van der Waals surface area contributed by atoms with Crippen LogP contribution in [0.15, 0.2) is 12.1 Å². The summed E-state index contributed by atoms with van der Waals surface area (Å²) in [5, 5.41) is 3.25. The molecule has 17 heavy (non-hydrogen) atoms. The Morgan fingerprint density at radius 3 is 2.76 bits per heavy atom. The molecule has 94 valence electrons. The van der Waals surface area contributed by atoms with Crippen LogP contribution in [0.1, 0.15) is 32.6 Å². The first-order valence-electron chi connectivity index (χ1n) is 6.03. The molecular formula is C13H16ClF2N. The molecule has 0 amide bonds. The van der Waals surface area contributed by atoms with Crippen LogP contribution >= 0.6 is 11.6 Å². The van der Waals surface area contributed by atoms with Gasteiger partial charge in [0.15, 0.2) is 5.82 Å². The van der Waals surface area contributed by atoms with E-state index >= 15 is 0 Å². The van der Waals surface area contributed by atoms with Crippen LogP contribution in [-0.4, -0.2) is 6.04 Å². The van der Waals surface area contributed by atoms with Crippen molar-refractivity contribution in [1.29, 1.82) is 0 Å². The average Bonchev–Trinajstić information content (AvgIpc) is 2.70. The summed E-state index contributed by atoms with van der Waals surface area (Å²) >= 11 is 5.86. The van der Waals surface area contributed by atoms with Crippen molar-refractivity contribution in [2.45, 2.75) is 38.6 Å². The molecule has 2 rings (SSSR count). The predicted molar refractivity (Wildman–Crippen MR) is 66.4 cm³/mol. The molecular weight excluding hydrogens is 244 g/mol. The second-order valence-corrected chi connectivity index (χ2v) is 5.00. The number of hydrogen-bond donors (Lipinski definition) is 1. The minimum atomic E-state index is -0.642. The van der Waals surface area contributed by atoms with Gasteiger partial charge in [-0.3, -0.25) is 0 Å². The maximum atomic E-state index is 13.6. The fourth-order valence-corrected chi connectivity index (χ4v) is 2.83. The van der Waals surface area contributed by atoms with Crippen molar-refractivity contribution >= 4 is 17.3 Å². The second kappa shape index (κ2) is 5.21. The van der Waals surface area contributed by atoms with E-state index in [4.69, 9.17) is 11.6 Å². The number of anilines is 1. The molecule has 0 bridgehead atoms. The maximum absolute atomic E-state index is 13.6. The molecule has 2 unspecified atom stereocenters. The Morgan fingerprint density at radius 1 is 1.35 bits per heavy atom. The summed E-state index contributed by atoms with van der Waals surface area (Å²) < 4.78 is 26.5. The van der Waals surface area contributed by atoms with E-state index in [0.29, 0.717) is 5.92 Å². The average molecular weight is 260 g/mol. The number of halogens is 3. The lowest BCUT2D eigenvalue weighted by Gasteiger charge is -2.21. The van der Waals surface area contributed by atoms with E-state index in [1.54, 1.807) is 0 Å². The van der Waals surface area contributed by atoms with E-state index in [2.05, 4.69) is 12.2 Å². The molecule has 1 aliphatic carbocycles. The third kappa shape index (κ3) is 2.71. The van der Waals surface area contributed by atoms with E-state index < -0.39 is 11.6 Å². The lowest BCUT2D eigenvalue weighted by molar-refractivity contribution is 0.486. The SMILES string of the molecule is CCC1CCCC1Nc1c(F)cc(F)cc1Cl. The van der Waals surface area contributed by atoms with Gasteiger partial charge in [-0.1, -0.05) is 31.4 Å². The minimum Gasteiger partial charge on any atom is -0.378 e. The van der Waals surface area contributed by atoms with Crippen molar-refractivity contribution in [2.24, 2.45) is 5.92 Å². The summed E-state index contributed by atoms with van der Waals surface area (Å²) in [6.45, 7) is 2.13.